The number of hydrazone groups is 1. The molecule has 0 aliphatic heterocycles. The highest BCUT2D eigenvalue weighted by molar-refractivity contribution is 6.35. The van der Waals surface area contributed by atoms with Gasteiger partial charge in [-0.05, 0) is 61.7 Å². The SMILES string of the molecule is Cc1cc(C)c(NC(=O)COc2cccc(/C=N\NC(=O)C(=O)NCc3ccco3)c2)c(C)c1. The Morgan fingerprint density at radius 2 is 1.76 bits per heavy atom. The Balaban J connectivity index is 1.47. The Kier molecular flexibility index (Phi) is 8.17. The van der Waals surface area contributed by atoms with E-state index < -0.39 is 11.8 Å². The summed E-state index contributed by atoms with van der Waals surface area (Å²) in [5.74, 6) is -1.04. The quantitative estimate of drug-likeness (QED) is 0.270. The largest absolute Gasteiger partial charge is 0.484 e. The number of hydrogen-bond donors (Lipinski definition) is 3. The maximum atomic E-state index is 12.3. The number of aryl methyl sites for hydroxylation is 3. The van der Waals surface area contributed by atoms with Crippen LogP contribution in [0.4, 0.5) is 5.69 Å². The molecule has 0 unspecified atom stereocenters. The van der Waals surface area contributed by atoms with Gasteiger partial charge < -0.3 is 19.8 Å². The van der Waals surface area contributed by atoms with Crippen LogP contribution in [0.3, 0.4) is 0 Å². The maximum absolute atomic E-state index is 12.3. The summed E-state index contributed by atoms with van der Waals surface area (Å²) in [7, 11) is 0. The first-order chi connectivity index (χ1) is 16.3. The van der Waals surface area contributed by atoms with Gasteiger partial charge in [0.15, 0.2) is 6.61 Å². The molecule has 3 aromatic rings. The molecule has 2 aromatic carbocycles. The molecule has 3 amide bonds. The first-order valence-corrected chi connectivity index (χ1v) is 10.6. The van der Waals surface area contributed by atoms with Crippen molar-refractivity contribution in [3.8, 4) is 5.75 Å². The molecule has 0 aliphatic carbocycles. The Labute approximate surface area is 197 Å². The number of benzene rings is 2. The van der Waals surface area contributed by atoms with E-state index in [0.717, 1.165) is 22.4 Å². The van der Waals surface area contributed by atoms with Crippen molar-refractivity contribution < 1.29 is 23.5 Å². The zero-order valence-electron chi connectivity index (χ0n) is 19.2. The first-order valence-electron chi connectivity index (χ1n) is 10.6. The van der Waals surface area contributed by atoms with E-state index in [-0.39, 0.29) is 19.1 Å². The molecule has 0 saturated heterocycles. The molecule has 0 spiro atoms. The lowest BCUT2D eigenvalue weighted by Gasteiger charge is -2.13. The van der Waals surface area contributed by atoms with Crippen LogP contribution < -0.4 is 20.8 Å². The van der Waals surface area contributed by atoms with Crippen LogP contribution in [0.1, 0.15) is 28.0 Å². The molecule has 0 fully saturated rings. The second kappa shape index (κ2) is 11.5. The van der Waals surface area contributed by atoms with E-state index in [1.54, 1.807) is 36.4 Å². The number of carbonyl (C=O) groups is 3. The van der Waals surface area contributed by atoms with Gasteiger partial charge in [-0.2, -0.15) is 5.10 Å². The van der Waals surface area contributed by atoms with Crippen molar-refractivity contribution in [3.63, 3.8) is 0 Å². The van der Waals surface area contributed by atoms with E-state index in [0.29, 0.717) is 17.1 Å². The predicted octanol–water partition coefficient (Wildman–Crippen LogP) is 2.99. The molecule has 0 bridgehead atoms. The number of hydrogen-bond acceptors (Lipinski definition) is 6. The summed E-state index contributed by atoms with van der Waals surface area (Å²) in [5, 5.41) is 9.09. The Bertz CT molecular complexity index is 1180. The van der Waals surface area contributed by atoms with Gasteiger partial charge >= 0.3 is 11.8 Å². The smallest absolute Gasteiger partial charge is 0.329 e. The highest BCUT2D eigenvalue weighted by Crippen LogP contribution is 2.22. The molecule has 34 heavy (non-hydrogen) atoms. The van der Waals surface area contributed by atoms with Crippen LogP contribution >= 0.6 is 0 Å². The van der Waals surface area contributed by atoms with Crippen LogP contribution in [-0.2, 0) is 20.9 Å². The Hall–Kier alpha value is -4.40. The second-order valence-electron chi connectivity index (χ2n) is 7.64. The second-order valence-corrected chi connectivity index (χ2v) is 7.64. The summed E-state index contributed by atoms with van der Waals surface area (Å²) in [6.07, 6.45) is 2.84. The third kappa shape index (κ3) is 7.06. The zero-order valence-corrected chi connectivity index (χ0v) is 19.2. The normalized spacial score (nSPS) is 10.7. The van der Waals surface area contributed by atoms with E-state index in [1.165, 1.54) is 12.5 Å². The van der Waals surface area contributed by atoms with Crippen LogP contribution in [0, 0.1) is 20.8 Å². The summed E-state index contributed by atoms with van der Waals surface area (Å²) in [6.45, 7) is 5.83. The molecule has 3 rings (SSSR count). The fourth-order valence-electron chi connectivity index (χ4n) is 3.26. The predicted molar refractivity (Wildman–Crippen MR) is 128 cm³/mol. The molecule has 9 heteroatoms. The third-order valence-corrected chi connectivity index (χ3v) is 4.76. The number of furan rings is 1. The number of anilines is 1. The standard InChI is InChI=1S/C25H26N4O5/c1-16-10-17(2)23(18(3)11-16)28-22(30)15-34-20-7-4-6-19(12-20)13-27-29-25(32)24(31)26-14-21-8-5-9-33-21/h4-13H,14-15H2,1-3H3,(H,26,31)(H,28,30)(H,29,32)/b27-13-. The molecule has 1 heterocycles. The number of rotatable bonds is 8. The van der Waals surface area contributed by atoms with E-state index in [2.05, 4.69) is 21.2 Å². The van der Waals surface area contributed by atoms with Gasteiger partial charge in [-0.15, -0.1) is 0 Å². The number of ether oxygens (including phenoxy) is 1. The van der Waals surface area contributed by atoms with Crippen molar-refractivity contribution in [2.45, 2.75) is 27.3 Å². The minimum absolute atomic E-state index is 0.0962. The van der Waals surface area contributed by atoms with Crippen LogP contribution in [0.5, 0.6) is 5.75 Å². The molecular weight excluding hydrogens is 436 g/mol. The molecule has 0 radical (unpaired) electrons. The van der Waals surface area contributed by atoms with E-state index in [4.69, 9.17) is 9.15 Å². The van der Waals surface area contributed by atoms with E-state index in [1.807, 2.05) is 32.9 Å². The van der Waals surface area contributed by atoms with Gasteiger partial charge in [0.2, 0.25) is 0 Å². The average Bonchev–Trinajstić information content (AvgIpc) is 3.32. The minimum atomic E-state index is -0.909. The van der Waals surface area contributed by atoms with Crippen LogP contribution in [-0.4, -0.2) is 30.5 Å². The van der Waals surface area contributed by atoms with Crippen molar-refractivity contribution >= 4 is 29.6 Å². The molecule has 0 saturated carbocycles. The average molecular weight is 463 g/mol. The van der Waals surface area contributed by atoms with E-state index in [9.17, 15) is 14.4 Å². The van der Waals surface area contributed by atoms with E-state index >= 15 is 0 Å². The number of amides is 3. The molecule has 0 aliphatic rings. The van der Waals surface area contributed by atoms with Gasteiger partial charge in [-0.1, -0.05) is 29.8 Å². The molecule has 3 N–H and O–H groups in total. The summed E-state index contributed by atoms with van der Waals surface area (Å²) in [6, 6.07) is 14.2. The molecule has 9 nitrogen and oxygen atoms in total. The third-order valence-electron chi connectivity index (χ3n) is 4.76. The first kappa shape index (κ1) is 24.2. The molecule has 0 atom stereocenters. The minimum Gasteiger partial charge on any atom is -0.484 e. The van der Waals surface area contributed by atoms with Crippen molar-refractivity contribution in [2.24, 2.45) is 5.10 Å². The van der Waals surface area contributed by atoms with Gasteiger partial charge in [-0.25, -0.2) is 5.43 Å². The van der Waals surface area contributed by atoms with Crippen LogP contribution in [0.25, 0.3) is 0 Å². The topological polar surface area (TPSA) is 122 Å². The van der Waals surface area contributed by atoms with Crippen LogP contribution in [0.15, 0.2) is 64.3 Å². The number of nitrogens with zero attached hydrogens (tertiary/aromatic N) is 1. The lowest BCUT2D eigenvalue weighted by molar-refractivity contribution is -0.139. The molecule has 176 valence electrons. The van der Waals surface area contributed by atoms with Gasteiger partial charge in [0.05, 0.1) is 19.0 Å². The Morgan fingerprint density at radius 1 is 1.00 bits per heavy atom. The number of carbonyl (C=O) groups excluding carboxylic acids is 3. The van der Waals surface area contributed by atoms with Crippen molar-refractivity contribution in [2.75, 3.05) is 11.9 Å². The summed E-state index contributed by atoms with van der Waals surface area (Å²) in [4.78, 5) is 35.9. The number of nitrogens with one attached hydrogen (secondary N) is 3. The van der Waals surface area contributed by atoms with Crippen molar-refractivity contribution in [1.82, 2.24) is 10.7 Å². The summed E-state index contributed by atoms with van der Waals surface area (Å²) < 4.78 is 10.7. The lowest BCUT2D eigenvalue weighted by Crippen LogP contribution is -2.37. The highest BCUT2D eigenvalue weighted by atomic mass is 16.5. The Morgan fingerprint density at radius 3 is 2.47 bits per heavy atom. The van der Waals surface area contributed by atoms with Crippen LogP contribution in [0.2, 0.25) is 0 Å². The monoisotopic (exact) mass is 462 g/mol. The van der Waals surface area contributed by atoms with Gasteiger partial charge in [0, 0.05) is 5.69 Å². The van der Waals surface area contributed by atoms with Gasteiger partial charge in [-0.3, -0.25) is 14.4 Å². The zero-order chi connectivity index (χ0) is 24.5. The fraction of sp³-hybridized carbons (Fsp3) is 0.200. The summed E-state index contributed by atoms with van der Waals surface area (Å²) >= 11 is 0. The lowest BCUT2D eigenvalue weighted by atomic mass is 10.1. The fourth-order valence-corrected chi connectivity index (χ4v) is 3.26. The summed E-state index contributed by atoms with van der Waals surface area (Å²) in [5.41, 5.74) is 6.65. The maximum Gasteiger partial charge on any atom is 0.329 e. The molecule has 1 aromatic heterocycles. The van der Waals surface area contributed by atoms with Crippen molar-refractivity contribution in [3.05, 3.63) is 82.8 Å². The highest BCUT2D eigenvalue weighted by Gasteiger charge is 2.12. The van der Waals surface area contributed by atoms with Gasteiger partial charge in [0.25, 0.3) is 5.91 Å². The molecular formula is C25H26N4O5. The van der Waals surface area contributed by atoms with Gasteiger partial charge in [0.1, 0.15) is 11.5 Å². The van der Waals surface area contributed by atoms with Crippen molar-refractivity contribution in [1.29, 1.82) is 0 Å².